The Morgan fingerprint density at radius 2 is 1.85 bits per heavy atom. The van der Waals surface area contributed by atoms with Gasteiger partial charge in [0.1, 0.15) is 11.6 Å². The highest BCUT2D eigenvalue weighted by Crippen LogP contribution is 2.22. The minimum Gasteiger partial charge on any atom is -0.494 e. The number of benzene rings is 2. The molecule has 8 heteroatoms. The zero-order chi connectivity index (χ0) is 19.3. The predicted molar refractivity (Wildman–Crippen MR) is 97.2 cm³/mol. The second kappa shape index (κ2) is 8.29. The molecule has 2 rings (SSSR count). The van der Waals surface area contributed by atoms with Crippen molar-refractivity contribution in [2.45, 2.75) is 31.7 Å². The van der Waals surface area contributed by atoms with Gasteiger partial charge in [0.15, 0.2) is 0 Å². The number of hydrogen-bond acceptors (Lipinski definition) is 4. The average Bonchev–Trinajstić information content (AvgIpc) is 2.58. The largest absolute Gasteiger partial charge is 0.494 e. The highest BCUT2D eigenvalue weighted by molar-refractivity contribution is 7.89. The maximum atomic E-state index is 12.9. The van der Waals surface area contributed by atoms with Crippen LogP contribution in [0.2, 0.25) is 0 Å². The summed E-state index contributed by atoms with van der Waals surface area (Å²) >= 11 is 0. The Hall–Kier alpha value is -2.45. The van der Waals surface area contributed by atoms with E-state index in [4.69, 9.17) is 4.74 Å². The summed E-state index contributed by atoms with van der Waals surface area (Å²) in [5, 5.41) is 2.53. The van der Waals surface area contributed by atoms with E-state index in [1.807, 2.05) is 6.92 Å². The van der Waals surface area contributed by atoms with E-state index in [1.54, 1.807) is 13.0 Å². The second-order valence-corrected chi connectivity index (χ2v) is 7.41. The van der Waals surface area contributed by atoms with Gasteiger partial charge >= 0.3 is 0 Å². The molecule has 0 fully saturated rings. The van der Waals surface area contributed by atoms with E-state index in [0.29, 0.717) is 23.6 Å². The molecule has 0 radical (unpaired) electrons. The van der Waals surface area contributed by atoms with Crippen molar-refractivity contribution in [1.29, 1.82) is 0 Å². The summed E-state index contributed by atoms with van der Waals surface area (Å²) in [7, 11) is -3.88. The van der Waals surface area contributed by atoms with Crippen molar-refractivity contribution in [1.82, 2.24) is 4.72 Å². The van der Waals surface area contributed by atoms with Crippen molar-refractivity contribution in [3.63, 3.8) is 0 Å². The van der Waals surface area contributed by atoms with Crippen LogP contribution in [-0.2, 0) is 14.8 Å². The van der Waals surface area contributed by atoms with Crippen LogP contribution in [0.15, 0.2) is 47.4 Å². The molecule has 0 unspecified atom stereocenters. The average molecular weight is 380 g/mol. The smallest absolute Gasteiger partial charge is 0.242 e. The normalized spacial score (nSPS) is 12.5. The van der Waals surface area contributed by atoms with Crippen LogP contribution in [-0.4, -0.2) is 27.0 Å². The lowest BCUT2D eigenvalue weighted by Gasteiger charge is -2.15. The Bertz CT molecular complexity index is 883. The molecule has 0 aliphatic rings. The number of sulfonamides is 1. The van der Waals surface area contributed by atoms with E-state index in [0.717, 1.165) is 0 Å². The van der Waals surface area contributed by atoms with Crippen LogP contribution < -0.4 is 14.8 Å². The molecule has 6 nitrogen and oxygen atoms in total. The highest BCUT2D eigenvalue weighted by atomic mass is 32.2. The zero-order valence-corrected chi connectivity index (χ0v) is 15.6. The third-order valence-corrected chi connectivity index (χ3v) is 5.13. The minimum absolute atomic E-state index is 0.0416. The molecule has 2 N–H and O–H groups in total. The number of ether oxygens (including phenoxy) is 1. The molecule has 0 aromatic heterocycles. The monoisotopic (exact) mass is 380 g/mol. The SMILES string of the molecule is CCOc1ccc(S(=O)(=O)N[C@H](C)C(=O)Nc2ccc(F)cc2)cc1C. The third-order valence-electron chi connectivity index (χ3n) is 3.59. The first-order valence-corrected chi connectivity index (χ1v) is 9.53. The van der Waals surface area contributed by atoms with Gasteiger partial charge in [-0.2, -0.15) is 4.72 Å². The van der Waals surface area contributed by atoms with Crippen LogP contribution >= 0.6 is 0 Å². The fourth-order valence-electron chi connectivity index (χ4n) is 2.24. The van der Waals surface area contributed by atoms with Crippen molar-refractivity contribution >= 4 is 21.6 Å². The molecule has 0 aliphatic heterocycles. The van der Waals surface area contributed by atoms with Crippen LogP contribution in [0.5, 0.6) is 5.75 Å². The molecule has 140 valence electrons. The van der Waals surface area contributed by atoms with Crippen molar-refractivity contribution in [3.05, 3.63) is 53.8 Å². The lowest BCUT2D eigenvalue weighted by Crippen LogP contribution is -2.41. The molecule has 1 atom stereocenters. The van der Waals surface area contributed by atoms with Crippen LogP contribution in [0.1, 0.15) is 19.4 Å². The molecule has 0 bridgehead atoms. The summed E-state index contributed by atoms with van der Waals surface area (Å²) < 4.78 is 45.6. The summed E-state index contributed by atoms with van der Waals surface area (Å²) in [5.74, 6) is -0.376. The van der Waals surface area contributed by atoms with Crippen LogP contribution in [0.4, 0.5) is 10.1 Å². The standard InChI is InChI=1S/C18H21FN2O4S/c1-4-25-17-10-9-16(11-12(17)2)26(23,24)21-13(3)18(22)20-15-7-5-14(19)6-8-15/h5-11,13,21H,4H2,1-3H3,(H,20,22)/t13-/m1/s1. The summed E-state index contributed by atoms with van der Waals surface area (Å²) in [6.07, 6.45) is 0. The molecule has 2 aromatic rings. The first kappa shape index (κ1) is 19.9. The maximum Gasteiger partial charge on any atom is 0.242 e. The number of anilines is 1. The summed E-state index contributed by atoms with van der Waals surface area (Å²) in [6.45, 7) is 5.49. The molecular weight excluding hydrogens is 359 g/mol. The van der Waals surface area contributed by atoms with Crippen molar-refractivity contribution in [2.24, 2.45) is 0 Å². The number of halogens is 1. The molecule has 26 heavy (non-hydrogen) atoms. The maximum absolute atomic E-state index is 12.9. The molecule has 1 amide bonds. The molecular formula is C18H21FN2O4S. The number of aryl methyl sites for hydroxylation is 1. The van der Waals surface area contributed by atoms with Gasteiger partial charge in [0, 0.05) is 5.69 Å². The Labute approximate surface area is 152 Å². The Morgan fingerprint density at radius 3 is 2.42 bits per heavy atom. The topological polar surface area (TPSA) is 84.5 Å². The zero-order valence-electron chi connectivity index (χ0n) is 14.7. The van der Waals surface area contributed by atoms with Gasteiger partial charge in [-0.1, -0.05) is 0 Å². The summed E-state index contributed by atoms with van der Waals surface area (Å²) in [6, 6.07) is 8.66. The van der Waals surface area contributed by atoms with E-state index in [1.165, 1.54) is 43.3 Å². The lowest BCUT2D eigenvalue weighted by atomic mass is 10.2. The van der Waals surface area contributed by atoms with Gasteiger partial charge in [-0.15, -0.1) is 0 Å². The Balaban J connectivity index is 2.08. The quantitative estimate of drug-likeness (QED) is 0.774. The summed E-state index contributed by atoms with van der Waals surface area (Å²) in [5.41, 5.74) is 1.05. The van der Waals surface area contributed by atoms with Gasteiger partial charge in [0.25, 0.3) is 0 Å². The molecule has 0 saturated heterocycles. The minimum atomic E-state index is -3.88. The van der Waals surface area contributed by atoms with Gasteiger partial charge in [-0.05, 0) is 68.8 Å². The van der Waals surface area contributed by atoms with Gasteiger partial charge in [0.2, 0.25) is 15.9 Å². The predicted octanol–water partition coefficient (Wildman–Crippen LogP) is 2.84. The Kier molecular flexibility index (Phi) is 6.33. The van der Waals surface area contributed by atoms with Crippen molar-refractivity contribution in [2.75, 3.05) is 11.9 Å². The summed E-state index contributed by atoms with van der Waals surface area (Å²) in [4.78, 5) is 12.2. The van der Waals surface area contributed by atoms with Gasteiger partial charge in [-0.25, -0.2) is 12.8 Å². The van der Waals surface area contributed by atoms with Gasteiger partial charge in [0.05, 0.1) is 17.5 Å². The number of hydrogen-bond donors (Lipinski definition) is 2. The van der Waals surface area contributed by atoms with E-state index < -0.39 is 27.8 Å². The molecule has 0 spiro atoms. The molecule has 0 heterocycles. The van der Waals surface area contributed by atoms with Gasteiger partial charge in [-0.3, -0.25) is 4.79 Å². The van der Waals surface area contributed by atoms with Crippen LogP contribution in [0.25, 0.3) is 0 Å². The van der Waals surface area contributed by atoms with Crippen LogP contribution in [0, 0.1) is 12.7 Å². The Morgan fingerprint density at radius 1 is 1.19 bits per heavy atom. The van der Waals surface area contributed by atoms with E-state index in [2.05, 4.69) is 10.0 Å². The van der Waals surface area contributed by atoms with E-state index >= 15 is 0 Å². The van der Waals surface area contributed by atoms with Gasteiger partial charge < -0.3 is 10.1 Å². The number of carbonyl (C=O) groups is 1. The van der Waals surface area contributed by atoms with E-state index in [-0.39, 0.29) is 4.90 Å². The first-order chi connectivity index (χ1) is 12.2. The van der Waals surface area contributed by atoms with E-state index in [9.17, 15) is 17.6 Å². The number of nitrogens with one attached hydrogen (secondary N) is 2. The lowest BCUT2D eigenvalue weighted by molar-refractivity contribution is -0.117. The number of amides is 1. The van der Waals surface area contributed by atoms with Crippen molar-refractivity contribution in [3.8, 4) is 5.75 Å². The molecule has 2 aromatic carbocycles. The third kappa shape index (κ3) is 5.03. The number of rotatable bonds is 7. The number of carbonyl (C=O) groups excluding carboxylic acids is 1. The van der Waals surface area contributed by atoms with Crippen LogP contribution in [0.3, 0.4) is 0 Å². The molecule has 0 saturated carbocycles. The highest BCUT2D eigenvalue weighted by Gasteiger charge is 2.22. The molecule has 0 aliphatic carbocycles. The van der Waals surface area contributed by atoms with Crippen molar-refractivity contribution < 1.29 is 22.3 Å². The first-order valence-electron chi connectivity index (χ1n) is 8.05. The fourth-order valence-corrected chi connectivity index (χ4v) is 3.53. The second-order valence-electron chi connectivity index (χ2n) is 5.70. The fraction of sp³-hybridized carbons (Fsp3) is 0.278.